The molecule has 1 atom stereocenters. The van der Waals surface area contributed by atoms with E-state index in [-0.39, 0.29) is 5.60 Å². The number of para-hydroxylation sites is 2. The van der Waals surface area contributed by atoms with Gasteiger partial charge in [0, 0.05) is 19.5 Å². The molecule has 6 heteroatoms. The van der Waals surface area contributed by atoms with Crippen molar-refractivity contribution >= 4 is 23.0 Å². The molecule has 4 aliphatic heterocycles. The normalized spacial score (nSPS) is 32.3. The average Bonchev–Trinajstić information content (AvgIpc) is 3.11. The molecule has 5 heterocycles. The van der Waals surface area contributed by atoms with Crippen LogP contribution in [0.4, 0.5) is 5.95 Å². The molecule has 6 rings (SSSR count). The van der Waals surface area contributed by atoms with Crippen LogP contribution in [0.5, 0.6) is 0 Å². The van der Waals surface area contributed by atoms with Gasteiger partial charge < -0.3 is 9.30 Å². The quantitative estimate of drug-likeness (QED) is 0.873. The van der Waals surface area contributed by atoms with Crippen LogP contribution in [0.2, 0.25) is 0 Å². The molecule has 1 aromatic heterocycles. The Balaban J connectivity index is 1.38. The van der Waals surface area contributed by atoms with E-state index in [1.54, 1.807) is 0 Å². The van der Waals surface area contributed by atoms with Gasteiger partial charge in [0.05, 0.1) is 17.6 Å². The molecule has 1 aromatic carbocycles. The number of piperidine rings is 3. The van der Waals surface area contributed by atoms with Crippen molar-refractivity contribution in [2.45, 2.75) is 18.4 Å². The van der Waals surface area contributed by atoms with E-state index in [1.165, 1.54) is 25.9 Å². The van der Waals surface area contributed by atoms with Gasteiger partial charge >= 0.3 is 0 Å². The highest BCUT2D eigenvalue weighted by molar-refractivity contribution is 5.91. The SMILES string of the molecule is Cn1c(NC2=NCC3(CN4CCC3CC4)O2)nc2ccccc21. The predicted molar refractivity (Wildman–Crippen MR) is 89.6 cm³/mol. The minimum atomic E-state index is -0.108. The van der Waals surface area contributed by atoms with Gasteiger partial charge in [-0.3, -0.25) is 10.2 Å². The Morgan fingerprint density at radius 1 is 1.26 bits per heavy atom. The molecule has 6 nitrogen and oxygen atoms in total. The molecule has 2 bridgehead atoms. The lowest BCUT2D eigenvalue weighted by Crippen LogP contribution is -2.61. The molecular weight excluding hydrogens is 290 g/mol. The smallest absolute Gasteiger partial charge is 0.292 e. The molecule has 0 radical (unpaired) electrons. The number of rotatable bonds is 1. The van der Waals surface area contributed by atoms with Crippen LogP contribution in [0.3, 0.4) is 0 Å². The Hall–Kier alpha value is -2.08. The van der Waals surface area contributed by atoms with E-state index in [0.717, 1.165) is 30.1 Å². The van der Waals surface area contributed by atoms with Crippen LogP contribution in [0.1, 0.15) is 12.8 Å². The molecule has 1 N–H and O–H groups in total. The van der Waals surface area contributed by atoms with E-state index in [0.29, 0.717) is 11.9 Å². The minimum Gasteiger partial charge on any atom is -0.455 e. The third-order valence-electron chi connectivity index (χ3n) is 5.62. The fourth-order valence-corrected chi connectivity index (χ4v) is 4.30. The molecule has 2 aromatic rings. The molecule has 0 aliphatic carbocycles. The van der Waals surface area contributed by atoms with Gasteiger partial charge in [-0.1, -0.05) is 12.1 Å². The number of ether oxygens (including phenoxy) is 1. The Labute approximate surface area is 135 Å². The molecule has 0 amide bonds. The number of hydrogen-bond donors (Lipinski definition) is 1. The predicted octanol–water partition coefficient (Wildman–Crippen LogP) is 1.84. The maximum atomic E-state index is 6.32. The molecular formula is C17H21N5O. The Morgan fingerprint density at radius 3 is 2.83 bits per heavy atom. The van der Waals surface area contributed by atoms with Gasteiger partial charge in [0.25, 0.3) is 6.02 Å². The zero-order valence-corrected chi connectivity index (χ0v) is 13.3. The van der Waals surface area contributed by atoms with Crippen molar-refractivity contribution in [3.8, 4) is 0 Å². The van der Waals surface area contributed by atoms with Gasteiger partial charge in [-0.25, -0.2) is 9.98 Å². The fourth-order valence-electron chi connectivity index (χ4n) is 4.30. The number of hydrogen-bond acceptors (Lipinski definition) is 5. The lowest BCUT2D eigenvalue weighted by Gasteiger charge is -2.50. The summed E-state index contributed by atoms with van der Waals surface area (Å²) in [6, 6.07) is 8.74. The van der Waals surface area contributed by atoms with Crippen molar-refractivity contribution in [2.75, 3.05) is 31.5 Å². The van der Waals surface area contributed by atoms with Gasteiger partial charge in [0.1, 0.15) is 5.60 Å². The number of anilines is 1. The summed E-state index contributed by atoms with van der Waals surface area (Å²) in [5, 5.41) is 3.29. The second-order valence-corrected chi connectivity index (χ2v) is 6.95. The summed E-state index contributed by atoms with van der Waals surface area (Å²) in [7, 11) is 2.01. The summed E-state index contributed by atoms with van der Waals surface area (Å²) < 4.78 is 8.37. The van der Waals surface area contributed by atoms with Gasteiger partial charge in [-0.15, -0.1) is 0 Å². The number of amidine groups is 1. The van der Waals surface area contributed by atoms with Crippen LogP contribution in [-0.2, 0) is 11.8 Å². The maximum absolute atomic E-state index is 6.32. The van der Waals surface area contributed by atoms with Crippen LogP contribution in [0.25, 0.3) is 11.0 Å². The third kappa shape index (κ3) is 1.97. The summed E-state index contributed by atoms with van der Waals surface area (Å²) in [4.78, 5) is 11.8. The monoisotopic (exact) mass is 311 g/mol. The molecule has 4 aliphatic rings. The number of fused-ring (bicyclic) bond motifs is 3. The van der Waals surface area contributed by atoms with Gasteiger partial charge in [-0.05, 0) is 38.1 Å². The van der Waals surface area contributed by atoms with Crippen LogP contribution < -0.4 is 5.32 Å². The van der Waals surface area contributed by atoms with E-state index in [4.69, 9.17) is 4.74 Å². The van der Waals surface area contributed by atoms with E-state index in [9.17, 15) is 0 Å². The summed E-state index contributed by atoms with van der Waals surface area (Å²) in [6.07, 6.45) is 2.46. The first-order valence-corrected chi connectivity index (χ1v) is 8.38. The number of imidazole rings is 1. The Bertz CT molecular complexity index is 789. The first kappa shape index (κ1) is 13.4. The molecule has 1 spiro atoms. The number of aliphatic imine (C=N–C) groups is 1. The van der Waals surface area contributed by atoms with Gasteiger partial charge in [0.2, 0.25) is 5.95 Å². The Kier molecular flexibility index (Phi) is 2.74. The number of benzene rings is 1. The highest BCUT2D eigenvalue weighted by Gasteiger charge is 2.51. The molecule has 3 saturated heterocycles. The first-order chi connectivity index (χ1) is 11.2. The number of nitrogens with one attached hydrogen (secondary N) is 1. The first-order valence-electron chi connectivity index (χ1n) is 8.38. The molecule has 3 fully saturated rings. The van der Waals surface area contributed by atoms with Crippen molar-refractivity contribution in [1.29, 1.82) is 0 Å². The topological polar surface area (TPSA) is 54.7 Å². The van der Waals surface area contributed by atoms with Gasteiger partial charge in [-0.2, -0.15) is 0 Å². The van der Waals surface area contributed by atoms with Gasteiger partial charge in [0.15, 0.2) is 0 Å². The largest absolute Gasteiger partial charge is 0.455 e. The molecule has 0 saturated carbocycles. The second-order valence-electron chi connectivity index (χ2n) is 6.95. The average molecular weight is 311 g/mol. The minimum absolute atomic E-state index is 0.108. The zero-order chi connectivity index (χ0) is 15.4. The molecule has 1 unspecified atom stereocenters. The van der Waals surface area contributed by atoms with Crippen LogP contribution in [0, 0.1) is 5.92 Å². The molecule has 120 valence electrons. The Morgan fingerprint density at radius 2 is 2.09 bits per heavy atom. The fraction of sp³-hybridized carbons (Fsp3) is 0.529. The number of aromatic nitrogens is 2. The maximum Gasteiger partial charge on any atom is 0.292 e. The standard InChI is InChI=1S/C17H21N5O/c1-21-14-5-3-2-4-13(14)19-15(21)20-16-18-10-17(23-16)11-22-8-6-12(17)7-9-22/h2-5,12H,6-11H2,1H3,(H,18,19,20). The highest BCUT2D eigenvalue weighted by Crippen LogP contribution is 2.40. The number of aryl methyl sites for hydroxylation is 1. The van der Waals surface area contributed by atoms with E-state index in [2.05, 4.69) is 26.3 Å². The lowest BCUT2D eigenvalue weighted by molar-refractivity contribution is -0.0829. The van der Waals surface area contributed by atoms with Crippen LogP contribution >= 0.6 is 0 Å². The zero-order valence-electron chi connectivity index (χ0n) is 13.3. The van der Waals surface area contributed by atoms with Crippen molar-refractivity contribution in [2.24, 2.45) is 18.0 Å². The van der Waals surface area contributed by atoms with E-state index >= 15 is 0 Å². The summed E-state index contributed by atoms with van der Waals surface area (Å²) in [5.41, 5.74) is 1.98. The van der Waals surface area contributed by atoms with Crippen LogP contribution in [0.15, 0.2) is 29.3 Å². The second kappa shape index (κ2) is 4.71. The number of nitrogens with zero attached hydrogens (tertiary/aromatic N) is 4. The van der Waals surface area contributed by atoms with Crippen molar-refractivity contribution < 1.29 is 4.74 Å². The van der Waals surface area contributed by atoms with Crippen molar-refractivity contribution in [3.05, 3.63) is 24.3 Å². The van der Waals surface area contributed by atoms with Crippen molar-refractivity contribution in [3.63, 3.8) is 0 Å². The third-order valence-corrected chi connectivity index (χ3v) is 5.62. The van der Waals surface area contributed by atoms with Crippen LogP contribution in [-0.4, -0.2) is 52.3 Å². The highest BCUT2D eigenvalue weighted by atomic mass is 16.5. The van der Waals surface area contributed by atoms with E-state index < -0.39 is 0 Å². The summed E-state index contributed by atoms with van der Waals surface area (Å²) >= 11 is 0. The van der Waals surface area contributed by atoms with Crippen molar-refractivity contribution in [1.82, 2.24) is 14.5 Å². The summed E-state index contributed by atoms with van der Waals surface area (Å²) in [5.74, 6) is 1.42. The summed E-state index contributed by atoms with van der Waals surface area (Å²) in [6.45, 7) is 4.20. The van der Waals surface area contributed by atoms with E-state index in [1.807, 2.05) is 29.8 Å². The molecule has 23 heavy (non-hydrogen) atoms. The lowest BCUT2D eigenvalue weighted by atomic mass is 9.75.